The van der Waals surface area contributed by atoms with Gasteiger partial charge in [-0.3, -0.25) is 0 Å². The fourth-order valence-electron chi connectivity index (χ4n) is 3.02. The molecule has 0 spiro atoms. The normalized spacial score (nSPS) is 13.2. The third-order valence-corrected chi connectivity index (χ3v) is 4.33. The van der Waals surface area contributed by atoms with Crippen molar-refractivity contribution in [2.24, 2.45) is 0 Å². The largest absolute Gasteiger partial charge is 0.497 e. The summed E-state index contributed by atoms with van der Waals surface area (Å²) >= 11 is 0. The van der Waals surface area contributed by atoms with E-state index in [1.807, 2.05) is 24.3 Å². The minimum absolute atomic E-state index is 0.476. The van der Waals surface area contributed by atoms with Crippen molar-refractivity contribution >= 4 is 17.5 Å². The van der Waals surface area contributed by atoms with Gasteiger partial charge in [0, 0.05) is 24.8 Å². The van der Waals surface area contributed by atoms with E-state index >= 15 is 0 Å². The molecule has 0 bridgehead atoms. The maximum atomic E-state index is 5.24. The first-order chi connectivity index (χ1) is 12.3. The van der Waals surface area contributed by atoms with E-state index < -0.39 is 0 Å². The van der Waals surface area contributed by atoms with Crippen LogP contribution in [0.4, 0.5) is 17.5 Å². The Labute approximate surface area is 146 Å². The van der Waals surface area contributed by atoms with Gasteiger partial charge >= 0.3 is 0 Å². The molecule has 1 aliphatic rings. The van der Waals surface area contributed by atoms with Crippen molar-refractivity contribution in [3.63, 3.8) is 0 Å². The molecule has 0 saturated carbocycles. The third kappa shape index (κ3) is 3.38. The van der Waals surface area contributed by atoms with Gasteiger partial charge in [0.25, 0.3) is 0 Å². The van der Waals surface area contributed by atoms with Crippen LogP contribution in [-0.2, 0) is 13.0 Å². The second-order valence-electron chi connectivity index (χ2n) is 5.94. The lowest BCUT2D eigenvalue weighted by Crippen LogP contribution is -2.31. The molecular weight excluding hydrogens is 314 g/mol. The number of fused-ring (bicyclic) bond motifs is 1. The average Bonchev–Trinajstić information content (AvgIpc) is 2.68. The number of nitrogens with zero attached hydrogens (tertiary/aromatic N) is 4. The second-order valence-corrected chi connectivity index (χ2v) is 5.94. The Morgan fingerprint density at radius 2 is 1.96 bits per heavy atom. The summed E-state index contributed by atoms with van der Waals surface area (Å²) < 4.78 is 5.24. The Bertz CT molecular complexity index is 883. The van der Waals surface area contributed by atoms with E-state index in [4.69, 9.17) is 4.74 Å². The van der Waals surface area contributed by atoms with Crippen molar-refractivity contribution in [2.75, 3.05) is 23.9 Å². The molecule has 0 fully saturated rings. The van der Waals surface area contributed by atoms with Crippen molar-refractivity contribution in [1.29, 1.82) is 0 Å². The highest BCUT2D eigenvalue weighted by Gasteiger charge is 2.17. The molecule has 6 heteroatoms. The fraction of sp³-hybridized carbons (Fsp3) is 0.211. The van der Waals surface area contributed by atoms with Gasteiger partial charge < -0.3 is 15.0 Å². The van der Waals surface area contributed by atoms with Crippen LogP contribution in [-0.4, -0.2) is 28.8 Å². The van der Waals surface area contributed by atoms with Crippen LogP contribution >= 0.6 is 0 Å². The molecule has 0 unspecified atom stereocenters. The van der Waals surface area contributed by atoms with Crippen molar-refractivity contribution in [2.45, 2.75) is 13.0 Å². The van der Waals surface area contributed by atoms with Crippen LogP contribution in [0.1, 0.15) is 11.1 Å². The van der Waals surface area contributed by atoms with E-state index in [-0.39, 0.29) is 0 Å². The molecule has 0 atom stereocenters. The zero-order chi connectivity index (χ0) is 17.1. The highest BCUT2D eigenvalue weighted by atomic mass is 16.5. The van der Waals surface area contributed by atoms with Gasteiger partial charge in [-0.25, -0.2) is 0 Å². The lowest BCUT2D eigenvalue weighted by Gasteiger charge is -2.29. The molecule has 126 valence electrons. The Morgan fingerprint density at radius 1 is 1.08 bits per heavy atom. The van der Waals surface area contributed by atoms with E-state index in [0.717, 1.165) is 36.8 Å². The number of hydrogen-bond acceptors (Lipinski definition) is 6. The summed E-state index contributed by atoms with van der Waals surface area (Å²) in [6.07, 6.45) is 2.73. The average molecular weight is 333 g/mol. The zero-order valence-electron chi connectivity index (χ0n) is 14.0. The minimum Gasteiger partial charge on any atom is -0.497 e. The number of methoxy groups -OCH3 is 1. The molecule has 25 heavy (non-hydrogen) atoms. The Hall–Kier alpha value is -3.15. The topological polar surface area (TPSA) is 63.2 Å². The lowest BCUT2D eigenvalue weighted by atomic mass is 10.0. The van der Waals surface area contributed by atoms with E-state index in [1.165, 1.54) is 11.1 Å². The van der Waals surface area contributed by atoms with Crippen LogP contribution in [0.3, 0.4) is 0 Å². The Morgan fingerprint density at radius 3 is 2.84 bits per heavy atom. The SMILES string of the molecule is COc1cccc(Nc2nncc(N3CCc4ccccc4C3)n2)c1. The van der Waals surface area contributed by atoms with Crippen LogP contribution < -0.4 is 15.0 Å². The van der Waals surface area contributed by atoms with E-state index in [9.17, 15) is 0 Å². The van der Waals surface area contributed by atoms with Crippen molar-refractivity contribution in [1.82, 2.24) is 15.2 Å². The predicted octanol–water partition coefficient (Wildman–Crippen LogP) is 3.19. The van der Waals surface area contributed by atoms with Gasteiger partial charge in [-0.2, -0.15) is 10.1 Å². The molecule has 1 N–H and O–H groups in total. The van der Waals surface area contributed by atoms with Gasteiger partial charge in [0.1, 0.15) is 5.75 Å². The van der Waals surface area contributed by atoms with Crippen LogP contribution in [0.25, 0.3) is 0 Å². The summed E-state index contributed by atoms with van der Waals surface area (Å²) in [5.74, 6) is 2.08. The van der Waals surface area contributed by atoms with Gasteiger partial charge in [-0.05, 0) is 29.7 Å². The molecule has 6 nitrogen and oxygen atoms in total. The molecule has 2 heterocycles. The number of anilines is 3. The van der Waals surface area contributed by atoms with Crippen molar-refractivity contribution in [3.05, 3.63) is 65.9 Å². The van der Waals surface area contributed by atoms with Gasteiger partial charge in [0.2, 0.25) is 5.95 Å². The molecule has 1 aliphatic heterocycles. The van der Waals surface area contributed by atoms with Gasteiger partial charge in [-0.15, -0.1) is 5.10 Å². The highest BCUT2D eigenvalue weighted by Crippen LogP contribution is 2.24. The summed E-state index contributed by atoms with van der Waals surface area (Å²) in [6.45, 7) is 1.77. The maximum Gasteiger partial charge on any atom is 0.249 e. The second kappa shape index (κ2) is 6.76. The van der Waals surface area contributed by atoms with E-state index in [2.05, 4.69) is 49.7 Å². The monoisotopic (exact) mass is 333 g/mol. The Kier molecular flexibility index (Phi) is 4.16. The summed E-state index contributed by atoms with van der Waals surface area (Å²) in [6, 6.07) is 16.2. The van der Waals surface area contributed by atoms with Crippen molar-refractivity contribution in [3.8, 4) is 5.75 Å². The summed E-state index contributed by atoms with van der Waals surface area (Å²) in [5, 5.41) is 11.4. The fourth-order valence-corrected chi connectivity index (χ4v) is 3.02. The van der Waals surface area contributed by atoms with Crippen LogP contribution in [0.15, 0.2) is 54.7 Å². The first-order valence-corrected chi connectivity index (χ1v) is 8.24. The number of hydrogen-bond donors (Lipinski definition) is 1. The number of nitrogens with one attached hydrogen (secondary N) is 1. The van der Waals surface area contributed by atoms with Gasteiger partial charge in [0.05, 0.1) is 13.3 Å². The molecule has 0 aliphatic carbocycles. The Balaban J connectivity index is 1.54. The lowest BCUT2D eigenvalue weighted by molar-refractivity contribution is 0.415. The van der Waals surface area contributed by atoms with E-state index in [0.29, 0.717) is 5.95 Å². The van der Waals surface area contributed by atoms with Crippen LogP contribution in [0.2, 0.25) is 0 Å². The van der Waals surface area contributed by atoms with Gasteiger partial charge in [0.15, 0.2) is 5.82 Å². The highest BCUT2D eigenvalue weighted by molar-refractivity contribution is 5.57. The number of benzene rings is 2. The first kappa shape index (κ1) is 15.4. The number of aromatic nitrogens is 3. The quantitative estimate of drug-likeness (QED) is 0.791. The predicted molar refractivity (Wildman–Crippen MR) is 97.3 cm³/mol. The molecule has 3 aromatic rings. The molecule has 4 rings (SSSR count). The van der Waals surface area contributed by atoms with Gasteiger partial charge in [-0.1, -0.05) is 30.3 Å². The van der Waals surface area contributed by atoms with Crippen molar-refractivity contribution < 1.29 is 4.74 Å². The molecule has 0 saturated heterocycles. The number of rotatable bonds is 4. The standard InChI is InChI=1S/C19H19N5O/c1-25-17-8-4-7-16(11-17)21-19-22-18(12-20-23-19)24-10-9-14-5-2-3-6-15(14)13-24/h2-8,11-12H,9-10,13H2,1H3,(H,21,22,23). The molecule has 1 aromatic heterocycles. The van der Waals surface area contributed by atoms with E-state index in [1.54, 1.807) is 13.3 Å². The zero-order valence-corrected chi connectivity index (χ0v) is 14.0. The number of ether oxygens (including phenoxy) is 1. The summed E-state index contributed by atoms with van der Waals surface area (Å²) in [7, 11) is 1.64. The van der Waals surface area contributed by atoms with Crippen LogP contribution in [0, 0.1) is 0 Å². The minimum atomic E-state index is 0.476. The molecule has 0 amide bonds. The first-order valence-electron chi connectivity index (χ1n) is 8.24. The summed E-state index contributed by atoms with van der Waals surface area (Å²) in [5.41, 5.74) is 3.62. The summed E-state index contributed by atoms with van der Waals surface area (Å²) in [4.78, 5) is 6.85. The third-order valence-electron chi connectivity index (χ3n) is 4.33. The smallest absolute Gasteiger partial charge is 0.249 e. The molecule has 0 radical (unpaired) electrons. The van der Waals surface area contributed by atoms with Crippen LogP contribution in [0.5, 0.6) is 5.75 Å². The maximum absolute atomic E-state index is 5.24. The molecular formula is C19H19N5O. The molecule has 2 aromatic carbocycles.